The summed E-state index contributed by atoms with van der Waals surface area (Å²) in [6, 6.07) is 20.5. The molecule has 4 aliphatic carbocycles. The van der Waals surface area contributed by atoms with Gasteiger partial charge in [0.1, 0.15) is 18.0 Å². The van der Waals surface area contributed by atoms with Crippen LogP contribution in [0, 0.1) is 28.6 Å². The van der Waals surface area contributed by atoms with E-state index in [4.69, 9.17) is 15.2 Å². The second-order valence-corrected chi connectivity index (χ2v) is 18.1. The maximum atomic E-state index is 17.5. The maximum absolute atomic E-state index is 17.5. The van der Waals surface area contributed by atoms with Gasteiger partial charge in [-0.05, 0) is 109 Å². The first-order valence-electron chi connectivity index (χ1n) is 21.2. The van der Waals surface area contributed by atoms with Crippen molar-refractivity contribution in [1.82, 2.24) is 4.98 Å². The second-order valence-electron chi connectivity index (χ2n) is 18.1. The SMILES string of the molecule is C[C@@H]1C[C@H]2[C@@H]3CCC4=CC(=O)C=C[C@]4(C)[C@@]3(F)[C@@H](O)C[C@]2(C)[C@@]1(O)C(=O)COC(=O)c1ccc(C(=O)OCc2ccc(C(CN)C(=O)Cc3ccc4cnccc4c3)cc2)cc1. The van der Waals surface area contributed by atoms with E-state index < -0.39 is 76.2 Å². The molecule has 0 bridgehead atoms. The van der Waals surface area contributed by atoms with Crippen LogP contribution in [0.3, 0.4) is 0 Å². The number of rotatable bonds is 12. The predicted molar refractivity (Wildman–Crippen MR) is 227 cm³/mol. The zero-order valence-corrected chi connectivity index (χ0v) is 35.0. The molecule has 1 unspecified atom stereocenters. The molecule has 12 heteroatoms. The van der Waals surface area contributed by atoms with Gasteiger partial charge in [0, 0.05) is 47.5 Å². The molecule has 322 valence electrons. The number of benzene rings is 3. The lowest BCUT2D eigenvalue weighted by Gasteiger charge is -2.62. The number of ether oxygens (including phenoxy) is 2. The Morgan fingerprint density at radius 1 is 0.919 bits per heavy atom. The summed E-state index contributed by atoms with van der Waals surface area (Å²) in [5, 5.41) is 25.9. The molecule has 0 spiro atoms. The molecule has 0 amide bonds. The summed E-state index contributed by atoms with van der Waals surface area (Å²) in [6.45, 7) is 4.51. The maximum Gasteiger partial charge on any atom is 0.338 e. The number of allylic oxidation sites excluding steroid dienone is 4. The van der Waals surface area contributed by atoms with E-state index in [0.29, 0.717) is 30.4 Å². The van der Waals surface area contributed by atoms with Crippen LogP contribution in [-0.4, -0.2) is 75.0 Å². The lowest BCUT2D eigenvalue weighted by Crippen LogP contribution is -2.69. The number of ketones is 3. The predicted octanol–water partition coefficient (Wildman–Crippen LogP) is 6.52. The number of carbonyl (C=O) groups excluding carboxylic acids is 5. The Balaban J connectivity index is 0.850. The highest BCUT2D eigenvalue weighted by Crippen LogP contribution is 2.70. The average Bonchev–Trinajstić information content (AvgIpc) is 3.47. The quantitative estimate of drug-likeness (QED) is 0.132. The number of aliphatic hydroxyl groups excluding tert-OH is 1. The number of pyridine rings is 1. The molecular formula is C50H51FN2O9. The van der Waals surface area contributed by atoms with Crippen LogP contribution in [0.4, 0.5) is 4.39 Å². The second kappa shape index (κ2) is 16.2. The van der Waals surface area contributed by atoms with E-state index in [9.17, 15) is 34.2 Å². The molecule has 0 aliphatic heterocycles. The summed E-state index contributed by atoms with van der Waals surface area (Å²) >= 11 is 0. The van der Waals surface area contributed by atoms with Gasteiger partial charge in [-0.2, -0.15) is 0 Å². The molecule has 3 saturated carbocycles. The molecule has 0 radical (unpaired) electrons. The van der Waals surface area contributed by atoms with Gasteiger partial charge in [-0.3, -0.25) is 19.4 Å². The monoisotopic (exact) mass is 842 g/mol. The molecule has 11 nitrogen and oxygen atoms in total. The Labute approximate surface area is 359 Å². The van der Waals surface area contributed by atoms with E-state index in [2.05, 4.69) is 4.98 Å². The summed E-state index contributed by atoms with van der Waals surface area (Å²) in [5.74, 6) is -4.71. The molecular weight excluding hydrogens is 792 g/mol. The van der Waals surface area contributed by atoms with Crippen LogP contribution < -0.4 is 5.73 Å². The number of fused-ring (bicyclic) bond motifs is 6. The van der Waals surface area contributed by atoms with Crippen LogP contribution in [-0.2, 0) is 36.9 Å². The molecule has 4 aliphatic rings. The van der Waals surface area contributed by atoms with E-state index >= 15 is 4.39 Å². The van der Waals surface area contributed by atoms with E-state index in [1.807, 2.05) is 24.3 Å². The van der Waals surface area contributed by atoms with Crippen LogP contribution in [0.25, 0.3) is 10.8 Å². The third-order valence-corrected chi connectivity index (χ3v) is 14.8. The molecule has 1 aromatic heterocycles. The van der Waals surface area contributed by atoms with Crippen molar-refractivity contribution in [2.24, 2.45) is 34.3 Å². The number of nitrogens with zero attached hydrogens (tertiary/aromatic N) is 1. The van der Waals surface area contributed by atoms with Crippen LogP contribution in [0.15, 0.2) is 109 Å². The molecule has 8 rings (SSSR count). The number of alkyl halides is 1. The minimum atomic E-state index is -2.11. The van der Waals surface area contributed by atoms with Crippen molar-refractivity contribution >= 4 is 40.1 Å². The van der Waals surface area contributed by atoms with Gasteiger partial charge >= 0.3 is 11.9 Å². The summed E-state index contributed by atoms with van der Waals surface area (Å²) in [7, 11) is 0. The smallest absolute Gasteiger partial charge is 0.338 e. The first-order valence-corrected chi connectivity index (χ1v) is 21.2. The van der Waals surface area contributed by atoms with Crippen LogP contribution in [0.2, 0.25) is 0 Å². The van der Waals surface area contributed by atoms with Gasteiger partial charge in [0.15, 0.2) is 18.1 Å². The van der Waals surface area contributed by atoms with Gasteiger partial charge in [-0.1, -0.05) is 68.0 Å². The fourth-order valence-electron chi connectivity index (χ4n) is 11.3. The molecule has 62 heavy (non-hydrogen) atoms. The molecule has 4 aromatic rings. The fraction of sp³-hybridized carbons (Fsp3) is 0.400. The van der Waals surface area contributed by atoms with Crippen molar-refractivity contribution in [1.29, 1.82) is 0 Å². The van der Waals surface area contributed by atoms with Crippen molar-refractivity contribution in [2.45, 2.75) is 82.8 Å². The largest absolute Gasteiger partial charge is 0.457 e. The van der Waals surface area contributed by atoms with Crippen LogP contribution in [0.1, 0.15) is 89.8 Å². The molecule has 0 saturated heterocycles. The third-order valence-electron chi connectivity index (χ3n) is 14.8. The summed E-state index contributed by atoms with van der Waals surface area (Å²) < 4.78 is 28.4. The topological polar surface area (TPSA) is 183 Å². The van der Waals surface area contributed by atoms with Crippen LogP contribution >= 0.6 is 0 Å². The zero-order valence-electron chi connectivity index (χ0n) is 35.0. The number of hydrogen-bond donors (Lipinski definition) is 3. The van der Waals surface area contributed by atoms with Crippen molar-refractivity contribution in [3.8, 4) is 0 Å². The Hall–Kier alpha value is -5.69. The number of aliphatic hydroxyl groups is 2. The standard InChI is InChI=1S/C50H51FN2O9/c1-29-20-41-40-15-14-37-23-38(54)16-18-47(37,2)49(40,51)43(56)24-48(41,3)50(29,60)44(57)28-62-46(59)34-12-10-33(11-13-34)45(58)61-27-30-4-7-32(8-5-30)39(25-52)42(55)22-31-6-9-36-26-53-19-17-35(36)21-31/h4-13,16-19,21,23,26,29,39-41,43,56,60H,14-15,20,22,24-25,27-28,52H2,1-3H3/t29-,39?,40+,41+,43+,47+,48+,49+,50+/m1/s1. The highest BCUT2D eigenvalue weighted by atomic mass is 19.1. The van der Waals surface area contributed by atoms with Crippen molar-refractivity contribution in [3.63, 3.8) is 0 Å². The summed E-state index contributed by atoms with van der Waals surface area (Å²) in [4.78, 5) is 69.6. The molecule has 1 heterocycles. The number of carbonyl (C=O) groups is 5. The Kier molecular flexibility index (Phi) is 11.2. The fourth-order valence-corrected chi connectivity index (χ4v) is 11.3. The number of halogens is 1. The summed E-state index contributed by atoms with van der Waals surface area (Å²) in [5.41, 5.74) is 2.73. The number of Topliss-reactive ketones (excluding diaryl/α,β-unsaturated/α-hetero) is 2. The lowest BCUT2D eigenvalue weighted by molar-refractivity contribution is -0.219. The lowest BCUT2D eigenvalue weighted by atomic mass is 9.44. The minimum absolute atomic E-state index is 0.00768. The zero-order chi connectivity index (χ0) is 44.2. The molecule has 9 atom stereocenters. The first-order chi connectivity index (χ1) is 29.5. The Bertz CT molecular complexity index is 2520. The van der Waals surface area contributed by atoms with Gasteiger partial charge in [0.25, 0.3) is 0 Å². The average molecular weight is 843 g/mol. The molecule has 4 N–H and O–H groups in total. The highest BCUT2D eigenvalue weighted by Gasteiger charge is 2.75. The van der Waals surface area contributed by atoms with E-state index in [1.54, 1.807) is 63.5 Å². The Morgan fingerprint density at radius 2 is 1.60 bits per heavy atom. The van der Waals surface area contributed by atoms with Gasteiger partial charge in [0.2, 0.25) is 5.78 Å². The normalized spacial score (nSPS) is 30.4. The van der Waals surface area contributed by atoms with E-state index in [1.165, 1.54) is 36.4 Å². The highest BCUT2D eigenvalue weighted by molar-refractivity contribution is 6.01. The number of nitrogens with two attached hydrogens (primary N) is 1. The first kappa shape index (κ1) is 43.0. The van der Waals surface area contributed by atoms with Gasteiger partial charge in [-0.15, -0.1) is 0 Å². The Morgan fingerprint density at radius 3 is 2.29 bits per heavy atom. The van der Waals surface area contributed by atoms with Gasteiger partial charge < -0.3 is 25.4 Å². The molecule has 3 fully saturated rings. The van der Waals surface area contributed by atoms with Crippen molar-refractivity contribution < 1.29 is 48.0 Å². The number of aromatic nitrogens is 1. The molecule has 3 aromatic carbocycles. The van der Waals surface area contributed by atoms with Crippen molar-refractivity contribution in [3.05, 3.63) is 137 Å². The van der Waals surface area contributed by atoms with E-state index in [-0.39, 0.29) is 48.7 Å². The minimum Gasteiger partial charge on any atom is -0.457 e. The number of hydrogen-bond acceptors (Lipinski definition) is 11. The van der Waals surface area contributed by atoms with Gasteiger partial charge in [0.05, 0.1) is 23.1 Å². The summed E-state index contributed by atoms with van der Waals surface area (Å²) in [6.07, 6.45) is 7.50. The number of esters is 2. The van der Waals surface area contributed by atoms with Crippen molar-refractivity contribution in [2.75, 3.05) is 13.2 Å². The van der Waals surface area contributed by atoms with Crippen LogP contribution in [0.5, 0.6) is 0 Å². The van der Waals surface area contributed by atoms with E-state index in [0.717, 1.165) is 21.9 Å². The third kappa shape index (κ3) is 7.02. The van der Waals surface area contributed by atoms with Gasteiger partial charge in [-0.25, -0.2) is 14.0 Å².